The van der Waals surface area contributed by atoms with E-state index in [9.17, 15) is 0 Å². The molecule has 0 amide bonds. The van der Waals surface area contributed by atoms with Crippen molar-refractivity contribution in [2.45, 2.75) is 32.7 Å². The van der Waals surface area contributed by atoms with Crippen LogP contribution in [0.15, 0.2) is 51.9 Å². The van der Waals surface area contributed by atoms with Crippen molar-refractivity contribution in [2.75, 3.05) is 0 Å². The van der Waals surface area contributed by atoms with Crippen molar-refractivity contribution in [1.82, 2.24) is 0 Å². The Morgan fingerprint density at radius 1 is 1.10 bits per heavy atom. The van der Waals surface area contributed by atoms with E-state index < -0.39 is 0 Å². The molecule has 3 rings (SSSR count). The fourth-order valence-electron chi connectivity index (χ4n) is 2.91. The lowest BCUT2D eigenvalue weighted by atomic mass is 9.97. The van der Waals surface area contributed by atoms with Crippen LogP contribution in [0.25, 0.3) is 0 Å². The highest BCUT2D eigenvalue weighted by molar-refractivity contribution is 9.10. The van der Waals surface area contributed by atoms with Crippen LogP contribution in [-0.4, -0.2) is 5.71 Å². The molecule has 0 aromatic heterocycles. The number of rotatable bonds is 2. The molecule has 1 heterocycles. The first-order chi connectivity index (χ1) is 9.65. The van der Waals surface area contributed by atoms with E-state index >= 15 is 0 Å². The topological polar surface area (TPSA) is 12.4 Å². The molecule has 0 saturated carbocycles. The number of benzene rings is 2. The van der Waals surface area contributed by atoms with Crippen LogP contribution in [-0.2, 0) is 0 Å². The Kier molecular flexibility index (Phi) is 3.75. The van der Waals surface area contributed by atoms with E-state index in [1.54, 1.807) is 0 Å². The zero-order valence-electron chi connectivity index (χ0n) is 11.9. The SMILES string of the molecule is Cc1ccc(C2CCC(c3ccccc3Br)=N2)c(C)c1. The Hall–Kier alpha value is -1.41. The largest absolute Gasteiger partial charge is 0.281 e. The van der Waals surface area contributed by atoms with E-state index in [0.717, 1.165) is 17.3 Å². The van der Waals surface area contributed by atoms with Gasteiger partial charge in [-0.15, -0.1) is 0 Å². The van der Waals surface area contributed by atoms with Crippen molar-refractivity contribution in [3.63, 3.8) is 0 Å². The first-order valence-corrected chi connectivity index (χ1v) is 7.83. The number of halogens is 1. The number of hydrogen-bond donors (Lipinski definition) is 0. The first kappa shape index (κ1) is 13.6. The van der Waals surface area contributed by atoms with E-state index in [1.165, 1.54) is 28.0 Å². The average molecular weight is 328 g/mol. The fraction of sp³-hybridized carbons (Fsp3) is 0.278. The maximum atomic E-state index is 4.97. The summed E-state index contributed by atoms with van der Waals surface area (Å²) < 4.78 is 1.14. The molecule has 102 valence electrons. The highest BCUT2D eigenvalue weighted by Crippen LogP contribution is 2.34. The van der Waals surface area contributed by atoms with Gasteiger partial charge < -0.3 is 0 Å². The van der Waals surface area contributed by atoms with Gasteiger partial charge in [0.2, 0.25) is 0 Å². The number of nitrogens with zero attached hydrogens (tertiary/aromatic N) is 1. The normalized spacial score (nSPS) is 18.1. The van der Waals surface area contributed by atoms with Crippen LogP contribution in [0.4, 0.5) is 0 Å². The van der Waals surface area contributed by atoms with Gasteiger partial charge >= 0.3 is 0 Å². The highest BCUT2D eigenvalue weighted by atomic mass is 79.9. The smallest absolute Gasteiger partial charge is 0.0758 e. The molecule has 0 fully saturated rings. The molecule has 20 heavy (non-hydrogen) atoms. The molecular formula is C18H18BrN. The molecular weight excluding hydrogens is 310 g/mol. The second-order valence-corrected chi connectivity index (χ2v) is 6.32. The van der Waals surface area contributed by atoms with Crippen LogP contribution in [0.1, 0.15) is 41.1 Å². The third-order valence-electron chi connectivity index (χ3n) is 3.94. The summed E-state index contributed by atoms with van der Waals surface area (Å²) in [6.45, 7) is 4.33. The van der Waals surface area contributed by atoms with Crippen molar-refractivity contribution < 1.29 is 0 Å². The Morgan fingerprint density at radius 3 is 2.65 bits per heavy atom. The van der Waals surface area contributed by atoms with Crippen LogP contribution in [0, 0.1) is 13.8 Å². The third-order valence-corrected chi connectivity index (χ3v) is 4.63. The van der Waals surface area contributed by atoms with Crippen molar-refractivity contribution in [1.29, 1.82) is 0 Å². The summed E-state index contributed by atoms with van der Waals surface area (Å²) >= 11 is 3.63. The predicted molar refractivity (Wildman–Crippen MR) is 88.6 cm³/mol. The lowest BCUT2D eigenvalue weighted by Crippen LogP contribution is -1.96. The van der Waals surface area contributed by atoms with Crippen LogP contribution in [0.3, 0.4) is 0 Å². The van der Waals surface area contributed by atoms with Crippen molar-refractivity contribution in [2.24, 2.45) is 4.99 Å². The maximum absolute atomic E-state index is 4.97. The molecule has 0 saturated heterocycles. The van der Waals surface area contributed by atoms with Gasteiger partial charge in [-0.05, 0) is 43.9 Å². The summed E-state index contributed by atoms with van der Waals surface area (Å²) in [6.07, 6.45) is 2.17. The minimum Gasteiger partial charge on any atom is -0.281 e. The Labute approximate surface area is 128 Å². The average Bonchev–Trinajstić information content (AvgIpc) is 2.88. The summed E-state index contributed by atoms with van der Waals surface area (Å²) in [5.74, 6) is 0. The molecule has 0 spiro atoms. The zero-order valence-corrected chi connectivity index (χ0v) is 13.4. The number of aliphatic imine (C=N–C) groups is 1. The summed E-state index contributed by atoms with van der Waals surface area (Å²) in [7, 11) is 0. The minimum absolute atomic E-state index is 0.317. The van der Waals surface area contributed by atoms with E-state index in [0.29, 0.717) is 6.04 Å². The molecule has 1 atom stereocenters. The van der Waals surface area contributed by atoms with Crippen LogP contribution >= 0.6 is 15.9 Å². The zero-order chi connectivity index (χ0) is 14.1. The summed E-state index contributed by atoms with van der Waals surface area (Å²) in [5.41, 5.74) is 6.51. The van der Waals surface area contributed by atoms with Gasteiger partial charge in [0.05, 0.1) is 6.04 Å². The minimum atomic E-state index is 0.317. The third kappa shape index (κ3) is 2.57. The molecule has 2 aromatic carbocycles. The van der Waals surface area contributed by atoms with Gasteiger partial charge in [-0.3, -0.25) is 4.99 Å². The van der Waals surface area contributed by atoms with Gasteiger partial charge in [-0.2, -0.15) is 0 Å². The van der Waals surface area contributed by atoms with Gasteiger partial charge in [0, 0.05) is 15.7 Å². The van der Waals surface area contributed by atoms with E-state index in [-0.39, 0.29) is 0 Å². The van der Waals surface area contributed by atoms with E-state index in [4.69, 9.17) is 4.99 Å². The molecule has 1 aliphatic heterocycles. The van der Waals surface area contributed by atoms with Crippen molar-refractivity contribution >= 4 is 21.6 Å². The first-order valence-electron chi connectivity index (χ1n) is 7.04. The molecule has 0 bridgehead atoms. The maximum Gasteiger partial charge on any atom is 0.0758 e. The lowest BCUT2D eigenvalue weighted by Gasteiger charge is -2.11. The monoisotopic (exact) mass is 327 g/mol. The van der Waals surface area contributed by atoms with Gasteiger partial charge in [0.15, 0.2) is 0 Å². The Bertz CT molecular complexity index is 673. The summed E-state index contributed by atoms with van der Waals surface area (Å²) in [4.78, 5) is 4.97. The number of aryl methyl sites for hydroxylation is 2. The van der Waals surface area contributed by atoms with Crippen LogP contribution < -0.4 is 0 Å². The Morgan fingerprint density at radius 2 is 1.90 bits per heavy atom. The predicted octanol–water partition coefficient (Wildman–Crippen LogP) is 5.39. The second-order valence-electron chi connectivity index (χ2n) is 5.47. The van der Waals surface area contributed by atoms with E-state index in [1.807, 2.05) is 6.07 Å². The van der Waals surface area contributed by atoms with E-state index in [2.05, 4.69) is 66.2 Å². The van der Waals surface area contributed by atoms with Crippen molar-refractivity contribution in [3.05, 3.63) is 69.2 Å². The van der Waals surface area contributed by atoms with Crippen molar-refractivity contribution in [3.8, 4) is 0 Å². The van der Waals surface area contributed by atoms with Gasteiger partial charge in [0.1, 0.15) is 0 Å². The lowest BCUT2D eigenvalue weighted by molar-refractivity contribution is 0.718. The molecule has 0 radical (unpaired) electrons. The molecule has 2 heteroatoms. The molecule has 0 aliphatic carbocycles. The summed E-state index contributed by atoms with van der Waals surface area (Å²) in [5, 5.41) is 0. The standard InChI is InChI=1S/C18H18BrN/c1-12-7-8-14(13(2)11-12)17-9-10-18(20-17)15-5-3-4-6-16(15)19/h3-8,11,17H,9-10H2,1-2H3. The van der Waals surface area contributed by atoms with Crippen LogP contribution in [0.2, 0.25) is 0 Å². The molecule has 2 aromatic rings. The van der Waals surface area contributed by atoms with Crippen LogP contribution in [0.5, 0.6) is 0 Å². The van der Waals surface area contributed by atoms with Gasteiger partial charge in [-0.1, -0.05) is 57.9 Å². The second kappa shape index (κ2) is 5.53. The molecule has 1 nitrogen and oxygen atoms in total. The molecule has 0 N–H and O–H groups in total. The van der Waals surface area contributed by atoms with Gasteiger partial charge in [0.25, 0.3) is 0 Å². The highest BCUT2D eigenvalue weighted by Gasteiger charge is 2.22. The fourth-order valence-corrected chi connectivity index (χ4v) is 3.43. The van der Waals surface area contributed by atoms with Gasteiger partial charge in [-0.25, -0.2) is 0 Å². The molecule has 1 aliphatic rings. The molecule has 1 unspecified atom stereocenters. The number of hydrogen-bond acceptors (Lipinski definition) is 1. The quantitative estimate of drug-likeness (QED) is 0.701. The Balaban J connectivity index is 1.94. The summed E-state index contributed by atoms with van der Waals surface area (Å²) in [6, 6.07) is 15.3.